The molecular weight excluding hydrogens is 299 g/mol. The Kier molecular flexibility index (Phi) is 3.82. The highest BCUT2D eigenvalue weighted by molar-refractivity contribution is 5.95. The number of carbonyl (C=O) groups excluding carboxylic acids is 1. The normalized spacial score (nSPS) is 16.0. The Morgan fingerprint density at radius 2 is 2.13 bits per heavy atom. The van der Waals surface area contributed by atoms with Crippen molar-refractivity contribution in [2.24, 2.45) is 0 Å². The number of ether oxygens (including phenoxy) is 1. The van der Waals surface area contributed by atoms with Crippen molar-refractivity contribution in [1.29, 1.82) is 0 Å². The summed E-state index contributed by atoms with van der Waals surface area (Å²) in [5.41, 5.74) is 2.16. The van der Waals surface area contributed by atoms with Gasteiger partial charge in [-0.2, -0.15) is 0 Å². The molecule has 0 radical (unpaired) electrons. The fourth-order valence-electron chi connectivity index (χ4n) is 2.39. The summed E-state index contributed by atoms with van der Waals surface area (Å²) in [6, 6.07) is 8.02. The van der Waals surface area contributed by atoms with Crippen molar-refractivity contribution in [2.75, 3.05) is 17.2 Å². The number of nitrogens with one attached hydrogen (secondary N) is 2. The summed E-state index contributed by atoms with van der Waals surface area (Å²) in [6.45, 7) is 3.79. The molecule has 3 rings (SSSR count). The molecule has 1 aliphatic rings. The van der Waals surface area contributed by atoms with Crippen molar-refractivity contribution >= 4 is 17.3 Å². The standard InChI is InChI=1S/C17H17FN2O3/c1-9-3-4-12-15(5-9)23-16(8-19-12)17(22)20-13-7-14(21)10(2)6-11(13)18/h3-7,16,19,21H,8H2,1-2H3,(H,20,22). The maximum atomic E-state index is 13.9. The highest BCUT2D eigenvalue weighted by Gasteiger charge is 2.26. The van der Waals surface area contributed by atoms with Gasteiger partial charge in [-0.3, -0.25) is 4.79 Å². The van der Waals surface area contributed by atoms with E-state index in [0.29, 0.717) is 11.3 Å². The van der Waals surface area contributed by atoms with E-state index in [-0.39, 0.29) is 18.0 Å². The first-order valence-corrected chi connectivity index (χ1v) is 7.25. The van der Waals surface area contributed by atoms with Crippen LogP contribution >= 0.6 is 0 Å². The van der Waals surface area contributed by atoms with Crippen LogP contribution in [0, 0.1) is 19.7 Å². The van der Waals surface area contributed by atoms with Gasteiger partial charge < -0.3 is 20.5 Å². The lowest BCUT2D eigenvalue weighted by molar-refractivity contribution is -0.122. The molecule has 0 spiro atoms. The van der Waals surface area contributed by atoms with E-state index in [1.165, 1.54) is 12.1 Å². The molecule has 0 aromatic heterocycles. The molecule has 1 heterocycles. The lowest BCUT2D eigenvalue weighted by Crippen LogP contribution is -2.41. The van der Waals surface area contributed by atoms with Gasteiger partial charge >= 0.3 is 0 Å². The Hall–Kier alpha value is -2.76. The predicted molar refractivity (Wildman–Crippen MR) is 85.5 cm³/mol. The number of hydrogen-bond donors (Lipinski definition) is 3. The van der Waals surface area contributed by atoms with Crippen LogP contribution in [0.5, 0.6) is 11.5 Å². The van der Waals surface area contributed by atoms with Gasteiger partial charge in [0.15, 0.2) is 6.10 Å². The van der Waals surface area contributed by atoms with Crippen LogP contribution in [0.3, 0.4) is 0 Å². The van der Waals surface area contributed by atoms with E-state index < -0.39 is 17.8 Å². The van der Waals surface area contributed by atoms with Crippen molar-refractivity contribution in [3.8, 4) is 11.5 Å². The monoisotopic (exact) mass is 316 g/mol. The van der Waals surface area contributed by atoms with Gasteiger partial charge in [-0.15, -0.1) is 0 Å². The van der Waals surface area contributed by atoms with Gasteiger partial charge in [0, 0.05) is 6.07 Å². The van der Waals surface area contributed by atoms with Gasteiger partial charge in [0.2, 0.25) is 0 Å². The molecule has 3 N–H and O–H groups in total. The lowest BCUT2D eigenvalue weighted by atomic mass is 10.1. The summed E-state index contributed by atoms with van der Waals surface area (Å²) >= 11 is 0. The van der Waals surface area contributed by atoms with Crippen molar-refractivity contribution in [2.45, 2.75) is 20.0 Å². The Labute approximate surface area is 133 Å². The zero-order valence-corrected chi connectivity index (χ0v) is 12.8. The molecule has 2 aromatic rings. The number of benzene rings is 2. The molecule has 0 fully saturated rings. The molecule has 5 nitrogen and oxygen atoms in total. The maximum absolute atomic E-state index is 13.9. The van der Waals surface area contributed by atoms with Crippen molar-refractivity contribution in [3.05, 3.63) is 47.3 Å². The number of rotatable bonds is 2. The van der Waals surface area contributed by atoms with Crippen molar-refractivity contribution < 1.29 is 19.0 Å². The topological polar surface area (TPSA) is 70.6 Å². The van der Waals surface area contributed by atoms with Crippen molar-refractivity contribution in [3.63, 3.8) is 0 Å². The van der Waals surface area contributed by atoms with Gasteiger partial charge in [-0.25, -0.2) is 4.39 Å². The molecular formula is C17H17FN2O3. The van der Waals surface area contributed by atoms with Crippen LogP contribution in [-0.2, 0) is 4.79 Å². The molecule has 1 unspecified atom stereocenters. The maximum Gasteiger partial charge on any atom is 0.267 e. The van der Waals surface area contributed by atoms with E-state index in [1.54, 1.807) is 6.92 Å². The largest absolute Gasteiger partial charge is 0.508 e. The molecule has 1 atom stereocenters. The number of carbonyl (C=O) groups is 1. The van der Waals surface area contributed by atoms with E-state index in [9.17, 15) is 14.3 Å². The first-order valence-electron chi connectivity index (χ1n) is 7.25. The zero-order chi connectivity index (χ0) is 16.6. The van der Waals surface area contributed by atoms with Crippen LogP contribution < -0.4 is 15.4 Å². The SMILES string of the molecule is Cc1ccc2c(c1)OC(C(=O)Nc1cc(O)c(C)cc1F)CN2. The van der Waals surface area contributed by atoms with E-state index in [2.05, 4.69) is 10.6 Å². The average Bonchev–Trinajstić information content (AvgIpc) is 2.51. The number of aryl methyl sites for hydroxylation is 2. The molecule has 1 aliphatic heterocycles. The molecule has 2 aromatic carbocycles. The van der Waals surface area contributed by atoms with Crippen LogP contribution in [0.25, 0.3) is 0 Å². The highest BCUT2D eigenvalue weighted by Crippen LogP contribution is 2.30. The molecule has 120 valence electrons. The highest BCUT2D eigenvalue weighted by atomic mass is 19.1. The number of anilines is 2. The number of halogens is 1. The second-order valence-electron chi connectivity index (χ2n) is 5.59. The predicted octanol–water partition coefficient (Wildman–Crippen LogP) is 2.96. The Morgan fingerprint density at radius 1 is 1.35 bits per heavy atom. The quantitative estimate of drug-likeness (QED) is 0.796. The fraction of sp³-hybridized carbons (Fsp3) is 0.235. The van der Waals surface area contributed by atoms with Gasteiger partial charge in [0.05, 0.1) is 17.9 Å². The molecule has 1 amide bonds. The second kappa shape index (κ2) is 5.79. The number of phenolic OH excluding ortho intramolecular Hbond substituents is 1. The first kappa shape index (κ1) is 15.1. The van der Waals surface area contributed by atoms with E-state index in [4.69, 9.17) is 4.74 Å². The summed E-state index contributed by atoms with van der Waals surface area (Å²) in [4.78, 5) is 12.3. The number of hydrogen-bond acceptors (Lipinski definition) is 4. The molecule has 23 heavy (non-hydrogen) atoms. The molecule has 0 aliphatic carbocycles. The summed E-state index contributed by atoms with van der Waals surface area (Å²) in [5, 5.41) is 15.2. The minimum Gasteiger partial charge on any atom is -0.508 e. The second-order valence-corrected chi connectivity index (χ2v) is 5.59. The van der Waals surface area contributed by atoms with Crippen LogP contribution in [0.4, 0.5) is 15.8 Å². The van der Waals surface area contributed by atoms with Crippen LogP contribution in [0.2, 0.25) is 0 Å². The third-order valence-electron chi connectivity index (χ3n) is 3.72. The van der Waals surface area contributed by atoms with Gasteiger partial charge in [-0.1, -0.05) is 6.07 Å². The van der Waals surface area contributed by atoms with E-state index in [1.807, 2.05) is 25.1 Å². The minimum absolute atomic E-state index is 0.0725. The first-order chi connectivity index (χ1) is 10.9. The number of amides is 1. The van der Waals surface area contributed by atoms with Gasteiger partial charge in [0.1, 0.15) is 17.3 Å². The summed E-state index contributed by atoms with van der Waals surface area (Å²) < 4.78 is 19.5. The number of fused-ring (bicyclic) bond motifs is 1. The van der Waals surface area contributed by atoms with Crippen LogP contribution in [-0.4, -0.2) is 23.7 Å². The molecule has 0 bridgehead atoms. The number of phenols is 1. The summed E-state index contributed by atoms with van der Waals surface area (Å²) in [7, 11) is 0. The molecule has 0 saturated heterocycles. The molecule has 0 saturated carbocycles. The van der Waals surface area contributed by atoms with Crippen LogP contribution in [0.1, 0.15) is 11.1 Å². The number of aromatic hydroxyl groups is 1. The lowest BCUT2D eigenvalue weighted by Gasteiger charge is -2.27. The van der Waals surface area contributed by atoms with Gasteiger partial charge in [-0.05, 0) is 43.2 Å². The fourth-order valence-corrected chi connectivity index (χ4v) is 2.39. The Bertz CT molecular complexity index is 777. The Balaban J connectivity index is 1.76. The average molecular weight is 316 g/mol. The minimum atomic E-state index is -0.785. The van der Waals surface area contributed by atoms with Crippen molar-refractivity contribution in [1.82, 2.24) is 0 Å². The van der Waals surface area contributed by atoms with E-state index >= 15 is 0 Å². The zero-order valence-electron chi connectivity index (χ0n) is 12.8. The smallest absolute Gasteiger partial charge is 0.267 e. The van der Waals surface area contributed by atoms with E-state index in [0.717, 1.165) is 11.3 Å². The Morgan fingerprint density at radius 3 is 2.91 bits per heavy atom. The van der Waals surface area contributed by atoms with Crippen LogP contribution in [0.15, 0.2) is 30.3 Å². The third-order valence-corrected chi connectivity index (χ3v) is 3.72. The summed E-state index contributed by atoms with van der Waals surface area (Å²) in [5.74, 6) is -0.575. The molecule has 6 heteroatoms. The summed E-state index contributed by atoms with van der Waals surface area (Å²) in [6.07, 6.45) is -0.785. The third kappa shape index (κ3) is 3.06. The van der Waals surface area contributed by atoms with Gasteiger partial charge in [0.25, 0.3) is 5.91 Å².